The van der Waals surface area contributed by atoms with Gasteiger partial charge in [-0.1, -0.05) is 0 Å². The van der Waals surface area contributed by atoms with E-state index in [0.29, 0.717) is 12.4 Å². The van der Waals surface area contributed by atoms with E-state index in [4.69, 9.17) is 14.6 Å². The summed E-state index contributed by atoms with van der Waals surface area (Å²) in [6.45, 7) is 0.339. The molecule has 0 saturated heterocycles. The summed E-state index contributed by atoms with van der Waals surface area (Å²) >= 11 is 0. The fourth-order valence-electron chi connectivity index (χ4n) is 1.46. The van der Waals surface area contributed by atoms with Gasteiger partial charge in [0, 0.05) is 0 Å². The van der Waals surface area contributed by atoms with E-state index < -0.39 is 5.97 Å². The van der Waals surface area contributed by atoms with Crippen LogP contribution in [-0.2, 0) is 4.79 Å². The lowest BCUT2D eigenvalue weighted by molar-refractivity contribution is -0.138. The lowest BCUT2D eigenvalue weighted by atomic mass is 10.2. The van der Waals surface area contributed by atoms with Crippen molar-refractivity contribution >= 4 is 5.97 Å². The maximum atomic E-state index is 10.7. The summed E-state index contributed by atoms with van der Waals surface area (Å²) in [5.41, 5.74) is 0. The van der Waals surface area contributed by atoms with Gasteiger partial charge in [0.2, 0.25) is 0 Å². The maximum absolute atomic E-state index is 10.7. The normalized spacial score (nSPS) is 12.2. The maximum Gasteiger partial charge on any atom is 0.305 e. The van der Waals surface area contributed by atoms with Gasteiger partial charge in [-0.15, -0.1) is 0 Å². The first-order valence-electron chi connectivity index (χ1n) is 5.68. The highest BCUT2D eigenvalue weighted by Gasteiger charge is 2.16. The third-order valence-electron chi connectivity index (χ3n) is 2.64. The number of likely N-dealkylation sites (N-methyl/N-ethyl adjacent to an activating group) is 1. The highest BCUT2D eigenvalue weighted by atomic mass is 16.5. The second kappa shape index (κ2) is 6.86. The lowest BCUT2D eigenvalue weighted by Crippen LogP contribution is -2.35. The summed E-state index contributed by atoms with van der Waals surface area (Å²) in [6, 6.07) is 7.05. The zero-order chi connectivity index (χ0) is 13.5. The fraction of sp³-hybridized carbons (Fsp3) is 0.462. The topological polar surface area (TPSA) is 59.0 Å². The first-order valence-corrected chi connectivity index (χ1v) is 5.68. The molecule has 1 atom stereocenters. The number of nitrogens with zero attached hydrogens (tertiary/aromatic N) is 1. The molecule has 0 aliphatic heterocycles. The van der Waals surface area contributed by atoms with Gasteiger partial charge in [-0.05, 0) is 38.4 Å². The quantitative estimate of drug-likeness (QED) is 0.797. The second-order valence-corrected chi connectivity index (χ2v) is 4.20. The van der Waals surface area contributed by atoms with Crippen molar-refractivity contribution in [2.45, 2.75) is 12.5 Å². The van der Waals surface area contributed by atoms with Crippen LogP contribution in [0, 0.1) is 0 Å². The minimum absolute atomic E-state index is 0.0587. The Morgan fingerprint density at radius 2 is 1.83 bits per heavy atom. The summed E-state index contributed by atoms with van der Waals surface area (Å²) in [5, 5.41) is 8.80. The Bertz CT molecular complexity index is 375. The Balaban J connectivity index is 2.52. The molecule has 0 saturated carbocycles. The Morgan fingerprint density at radius 3 is 2.28 bits per heavy atom. The van der Waals surface area contributed by atoms with Crippen LogP contribution in [0.2, 0.25) is 0 Å². The van der Waals surface area contributed by atoms with Gasteiger partial charge in [0.05, 0.1) is 19.6 Å². The zero-order valence-corrected chi connectivity index (χ0v) is 10.9. The number of carbonyl (C=O) groups is 1. The minimum atomic E-state index is -0.827. The Morgan fingerprint density at radius 1 is 1.28 bits per heavy atom. The predicted octanol–water partition coefficient (Wildman–Crippen LogP) is 1.48. The first-order chi connectivity index (χ1) is 8.52. The third kappa shape index (κ3) is 4.63. The molecule has 0 aromatic heterocycles. The second-order valence-electron chi connectivity index (χ2n) is 4.20. The van der Waals surface area contributed by atoms with E-state index in [1.165, 1.54) is 0 Å². The molecule has 1 N–H and O–H groups in total. The number of ether oxygens (including phenoxy) is 2. The molecule has 100 valence electrons. The van der Waals surface area contributed by atoms with E-state index in [9.17, 15) is 4.79 Å². The number of benzene rings is 1. The van der Waals surface area contributed by atoms with Gasteiger partial charge in [-0.25, -0.2) is 0 Å². The molecule has 5 nitrogen and oxygen atoms in total. The average molecular weight is 253 g/mol. The molecule has 0 fully saturated rings. The molecule has 0 radical (unpaired) electrons. The van der Waals surface area contributed by atoms with Crippen molar-refractivity contribution in [3.63, 3.8) is 0 Å². The van der Waals surface area contributed by atoms with Crippen molar-refractivity contribution in [2.75, 3.05) is 27.8 Å². The molecular formula is C13H19NO4. The van der Waals surface area contributed by atoms with Gasteiger partial charge in [0.15, 0.2) is 0 Å². The van der Waals surface area contributed by atoms with E-state index in [2.05, 4.69) is 0 Å². The molecule has 0 spiro atoms. The standard InChI is InChI=1S/C13H19NO4/c1-14(2)10(8-13(15)16)9-18-12-6-4-11(17-3)5-7-12/h4-7,10H,8-9H2,1-3H3,(H,15,16). The van der Waals surface area contributed by atoms with Crippen LogP contribution in [0.15, 0.2) is 24.3 Å². The van der Waals surface area contributed by atoms with Gasteiger partial charge in [0.1, 0.15) is 18.1 Å². The fourth-order valence-corrected chi connectivity index (χ4v) is 1.46. The number of carboxylic acids is 1. The van der Waals surface area contributed by atoms with Crippen molar-refractivity contribution in [3.05, 3.63) is 24.3 Å². The molecule has 0 amide bonds. The van der Waals surface area contributed by atoms with Crippen LogP contribution in [-0.4, -0.2) is 49.8 Å². The molecule has 1 unspecified atom stereocenters. The molecule has 18 heavy (non-hydrogen) atoms. The molecule has 0 aliphatic rings. The van der Waals surface area contributed by atoms with E-state index in [0.717, 1.165) is 5.75 Å². The molecule has 1 aromatic carbocycles. The summed E-state index contributed by atoms with van der Waals surface area (Å²) in [4.78, 5) is 12.6. The van der Waals surface area contributed by atoms with Crippen LogP contribution >= 0.6 is 0 Å². The van der Waals surface area contributed by atoms with E-state index >= 15 is 0 Å². The van der Waals surface area contributed by atoms with Gasteiger partial charge in [-0.3, -0.25) is 4.79 Å². The number of rotatable bonds is 7. The highest BCUT2D eigenvalue weighted by molar-refractivity contribution is 5.67. The summed E-state index contributed by atoms with van der Waals surface area (Å²) in [7, 11) is 5.28. The largest absolute Gasteiger partial charge is 0.497 e. The van der Waals surface area contributed by atoms with Crippen LogP contribution in [0.3, 0.4) is 0 Å². The molecular weight excluding hydrogens is 234 g/mol. The number of hydrogen-bond acceptors (Lipinski definition) is 4. The molecule has 0 aliphatic carbocycles. The van der Waals surface area contributed by atoms with Crippen molar-refractivity contribution in [1.29, 1.82) is 0 Å². The third-order valence-corrected chi connectivity index (χ3v) is 2.64. The molecule has 0 heterocycles. The lowest BCUT2D eigenvalue weighted by Gasteiger charge is -2.22. The van der Waals surface area contributed by atoms with E-state index in [1.54, 1.807) is 31.4 Å². The van der Waals surface area contributed by atoms with Gasteiger partial charge < -0.3 is 19.5 Å². The van der Waals surface area contributed by atoms with E-state index in [-0.39, 0.29) is 12.5 Å². The predicted molar refractivity (Wildman–Crippen MR) is 68.2 cm³/mol. The van der Waals surface area contributed by atoms with Gasteiger partial charge in [-0.2, -0.15) is 0 Å². The molecule has 1 aromatic rings. The summed E-state index contributed by atoms with van der Waals surface area (Å²) in [5.74, 6) is 0.636. The van der Waals surface area contributed by atoms with Gasteiger partial charge in [0.25, 0.3) is 0 Å². The molecule has 1 rings (SSSR count). The Kier molecular flexibility index (Phi) is 5.45. The van der Waals surface area contributed by atoms with Crippen molar-refractivity contribution < 1.29 is 19.4 Å². The summed E-state index contributed by atoms with van der Waals surface area (Å²) in [6.07, 6.45) is 0.0587. The minimum Gasteiger partial charge on any atom is -0.497 e. The zero-order valence-electron chi connectivity index (χ0n) is 10.9. The van der Waals surface area contributed by atoms with Crippen LogP contribution in [0.5, 0.6) is 11.5 Å². The number of methoxy groups -OCH3 is 1. The number of carboxylic acid groups (broad SMARTS) is 1. The molecule has 5 heteroatoms. The number of hydrogen-bond donors (Lipinski definition) is 1. The smallest absolute Gasteiger partial charge is 0.305 e. The SMILES string of the molecule is COc1ccc(OCC(CC(=O)O)N(C)C)cc1. The Labute approximate surface area is 107 Å². The summed E-state index contributed by atoms with van der Waals surface area (Å²) < 4.78 is 10.6. The highest BCUT2D eigenvalue weighted by Crippen LogP contribution is 2.17. The van der Waals surface area contributed by atoms with Crippen LogP contribution in [0.1, 0.15) is 6.42 Å². The van der Waals surface area contributed by atoms with E-state index in [1.807, 2.05) is 19.0 Å². The van der Waals surface area contributed by atoms with Crippen molar-refractivity contribution in [3.8, 4) is 11.5 Å². The van der Waals surface area contributed by atoms with Crippen LogP contribution < -0.4 is 9.47 Å². The van der Waals surface area contributed by atoms with Crippen molar-refractivity contribution in [1.82, 2.24) is 4.90 Å². The van der Waals surface area contributed by atoms with Gasteiger partial charge >= 0.3 is 5.97 Å². The Hall–Kier alpha value is -1.75. The molecule has 0 bridgehead atoms. The van der Waals surface area contributed by atoms with Crippen LogP contribution in [0.4, 0.5) is 0 Å². The monoisotopic (exact) mass is 253 g/mol. The number of aliphatic carboxylic acids is 1. The van der Waals surface area contributed by atoms with Crippen molar-refractivity contribution in [2.24, 2.45) is 0 Å². The first kappa shape index (κ1) is 14.3. The van der Waals surface area contributed by atoms with Crippen LogP contribution in [0.25, 0.3) is 0 Å². The average Bonchev–Trinajstić information content (AvgIpc) is 2.34.